The maximum atomic E-state index is 12.1. The highest BCUT2D eigenvalue weighted by atomic mass is 19.3. The lowest BCUT2D eigenvalue weighted by atomic mass is 9.85. The fraction of sp³-hybridized carbons (Fsp3) is 0.500. The van der Waals surface area contributed by atoms with Crippen molar-refractivity contribution in [3.8, 4) is 5.75 Å². The molecule has 0 saturated heterocycles. The molecule has 1 unspecified atom stereocenters. The van der Waals surface area contributed by atoms with Crippen molar-refractivity contribution in [1.82, 2.24) is 5.32 Å². The third-order valence-electron chi connectivity index (χ3n) is 3.25. The van der Waals surface area contributed by atoms with E-state index in [0.29, 0.717) is 0 Å². The minimum Gasteiger partial charge on any atom is -0.481 e. The Labute approximate surface area is 133 Å². The molecule has 1 amide bonds. The first-order valence-corrected chi connectivity index (χ1v) is 7.15. The van der Waals surface area contributed by atoms with Crippen LogP contribution in [0.15, 0.2) is 24.3 Å². The van der Waals surface area contributed by atoms with E-state index in [0.717, 1.165) is 5.56 Å². The Morgan fingerprint density at radius 1 is 1.22 bits per heavy atom. The van der Waals surface area contributed by atoms with Crippen LogP contribution >= 0.6 is 0 Å². The average Bonchev–Trinajstić information content (AvgIpc) is 2.35. The number of carboxylic acid groups (broad SMARTS) is 1. The molecule has 1 rings (SSSR count). The van der Waals surface area contributed by atoms with Crippen LogP contribution in [0.3, 0.4) is 0 Å². The van der Waals surface area contributed by atoms with Gasteiger partial charge in [0, 0.05) is 6.42 Å². The Hall–Kier alpha value is -2.18. The summed E-state index contributed by atoms with van der Waals surface area (Å²) in [5.41, 5.74) is 0.0842. The van der Waals surface area contributed by atoms with Gasteiger partial charge in [-0.3, -0.25) is 9.59 Å². The van der Waals surface area contributed by atoms with Crippen LogP contribution in [0.5, 0.6) is 5.75 Å². The summed E-state index contributed by atoms with van der Waals surface area (Å²) in [6.07, 6.45) is -0.0231. The number of ether oxygens (including phenoxy) is 1. The molecule has 7 heteroatoms. The predicted molar refractivity (Wildman–Crippen MR) is 80.3 cm³/mol. The van der Waals surface area contributed by atoms with E-state index in [1.54, 1.807) is 32.9 Å². The molecule has 0 spiro atoms. The van der Waals surface area contributed by atoms with Crippen molar-refractivity contribution in [3.63, 3.8) is 0 Å². The predicted octanol–water partition coefficient (Wildman–Crippen LogP) is 3.36. The second kappa shape index (κ2) is 7.89. The molecule has 0 bridgehead atoms. The van der Waals surface area contributed by atoms with Gasteiger partial charge in [0.2, 0.25) is 5.91 Å². The number of carbonyl (C=O) groups excluding carboxylic acids is 1. The van der Waals surface area contributed by atoms with E-state index < -0.39 is 18.0 Å². The highest BCUT2D eigenvalue weighted by Gasteiger charge is 2.25. The Morgan fingerprint density at radius 2 is 1.78 bits per heavy atom. The van der Waals surface area contributed by atoms with Crippen LogP contribution in [0.25, 0.3) is 0 Å². The van der Waals surface area contributed by atoms with Gasteiger partial charge in [0.25, 0.3) is 0 Å². The number of benzene rings is 1. The summed E-state index contributed by atoms with van der Waals surface area (Å²) in [5, 5.41) is 11.6. The smallest absolute Gasteiger partial charge is 0.387 e. The topological polar surface area (TPSA) is 75.6 Å². The zero-order valence-corrected chi connectivity index (χ0v) is 13.3. The third kappa shape index (κ3) is 7.08. The van der Waals surface area contributed by atoms with Crippen molar-refractivity contribution in [2.75, 3.05) is 0 Å². The van der Waals surface area contributed by atoms with E-state index in [4.69, 9.17) is 5.11 Å². The molecule has 1 atom stereocenters. The monoisotopic (exact) mass is 329 g/mol. The molecule has 2 N–H and O–H groups in total. The number of hydrogen-bond acceptors (Lipinski definition) is 3. The first-order valence-electron chi connectivity index (χ1n) is 7.15. The molecule has 0 aliphatic carbocycles. The van der Waals surface area contributed by atoms with E-state index in [1.807, 2.05) is 0 Å². The number of alkyl halides is 2. The van der Waals surface area contributed by atoms with Crippen molar-refractivity contribution >= 4 is 11.9 Å². The van der Waals surface area contributed by atoms with Gasteiger partial charge in [0.05, 0.1) is 12.5 Å². The van der Waals surface area contributed by atoms with Crippen molar-refractivity contribution in [1.29, 1.82) is 0 Å². The molecule has 0 radical (unpaired) electrons. The maximum Gasteiger partial charge on any atom is 0.387 e. The summed E-state index contributed by atoms with van der Waals surface area (Å²) in [5.74, 6) is -1.17. The minimum atomic E-state index is -2.88. The number of rotatable bonds is 8. The third-order valence-corrected chi connectivity index (χ3v) is 3.25. The molecule has 0 aliphatic rings. The summed E-state index contributed by atoms with van der Waals surface area (Å²) in [7, 11) is 0. The first kappa shape index (κ1) is 18.9. The number of nitrogens with one attached hydrogen (secondary N) is 1. The standard InChI is InChI=1S/C16H21F2NO4/c1-10(11-4-6-12(7-5-11)23-15(17)18)19-13(20)8-16(2,3)9-14(21)22/h4-7,10,15H,8-9H2,1-3H3,(H,19,20)(H,21,22). The Bertz CT molecular complexity index is 544. The molecule has 23 heavy (non-hydrogen) atoms. The zero-order chi connectivity index (χ0) is 17.6. The first-order chi connectivity index (χ1) is 10.6. The van der Waals surface area contributed by atoms with Gasteiger partial charge in [-0.1, -0.05) is 26.0 Å². The van der Waals surface area contributed by atoms with Gasteiger partial charge in [-0.05, 0) is 30.0 Å². The molecule has 0 aromatic heterocycles. The molecule has 1 aromatic carbocycles. The van der Waals surface area contributed by atoms with Crippen molar-refractivity contribution in [3.05, 3.63) is 29.8 Å². The number of aliphatic carboxylic acids is 1. The Morgan fingerprint density at radius 3 is 2.26 bits per heavy atom. The Balaban J connectivity index is 2.59. The Kier molecular flexibility index (Phi) is 6.48. The molecular formula is C16H21F2NO4. The molecular weight excluding hydrogens is 308 g/mol. The van der Waals surface area contributed by atoms with Crippen LogP contribution in [0.2, 0.25) is 0 Å². The normalized spacial score (nSPS) is 12.8. The fourth-order valence-electron chi connectivity index (χ4n) is 2.22. The quantitative estimate of drug-likeness (QED) is 0.767. The van der Waals surface area contributed by atoms with Gasteiger partial charge in [-0.2, -0.15) is 8.78 Å². The van der Waals surface area contributed by atoms with E-state index in [2.05, 4.69) is 10.1 Å². The minimum absolute atomic E-state index is 0.0462. The lowest BCUT2D eigenvalue weighted by Gasteiger charge is -2.23. The summed E-state index contributed by atoms with van der Waals surface area (Å²) in [6, 6.07) is 5.65. The van der Waals surface area contributed by atoms with Crippen LogP contribution < -0.4 is 10.1 Å². The highest BCUT2D eigenvalue weighted by Crippen LogP contribution is 2.26. The second-order valence-corrected chi connectivity index (χ2v) is 6.15. The summed E-state index contributed by atoms with van der Waals surface area (Å²) >= 11 is 0. The molecule has 0 saturated carbocycles. The van der Waals surface area contributed by atoms with Gasteiger partial charge in [0.1, 0.15) is 5.75 Å². The SMILES string of the molecule is CC(NC(=O)CC(C)(C)CC(=O)O)c1ccc(OC(F)F)cc1. The van der Waals surface area contributed by atoms with Gasteiger partial charge < -0.3 is 15.2 Å². The lowest BCUT2D eigenvalue weighted by Crippen LogP contribution is -2.31. The second-order valence-electron chi connectivity index (χ2n) is 6.15. The summed E-state index contributed by atoms with van der Waals surface area (Å²) in [4.78, 5) is 22.8. The van der Waals surface area contributed by atoms with E-state index >= 15 is 0 Å². The van der Waals surface area contributed by atoms with E-state index in [9.17, 15) is 18.4 Å². The van der Waals surface area contributed by atoms with Crippen molar-refractivity contribution in [2.24, 2.45) is 5.41 Å². The molecule has 128 valence electrons. The molecule has 1 aromatic rings. The van der Waals surface area contributed by atoms with E-state index in [-0.39, 0.29) is 30.5 Å². The summed E-state index contributed by atoms with van der Waals surface area (Å²) < 4.78 is 28.4. The van der Waals surface area contributed by atoms with Crippen molar-refractivity contribution in [2.45, 2.75) is 46.3 Å². The lowest BCUT2D eigenvalue weighted by molar-refractivity contribution is -0.139. The largest absolute Gasteiger partial charge is 0.481 e. The van der Waals surface area contributed by atoms with Crippen LogP contribution in [-0.4, -0.2) is 23.6 Å². The molecule has 0 fully saturated rings. The molecule has 5 nitrogen and oxygen atoms in total. The number of hydrogen-bond donors (Lipinski definition) is 2. The van der Waals surface area contributed by atoms with Crippen molar-refractivity contribution < 1.29 is 28.2 Å². The number of amides is 1. The van der Waals surface area contributed by atoms with E-state index in [1.165, 1.54) is 12.1 Å². The van der Waals surface area contributed by atoms with Gasteiger partial charge in [0.15, 0.2) is 0 Å². The molecule has 0 heterocycles. The van der Waals surface area contributed by atoms with Gasteiger partial charge in [-0.15, -0.1) is 0 Å². The number of halogens is 2. The number of carbonyl (C=O) groups is 2. The van der Waals surface area contributed by atoms with Gasteiger partial charge >= 0.3 is 12.6 Å². The van der Waals surface area contributed by atoms with Crippen LogP contribution in [0, 0.1) is 5.41 Å². The maximum absolute atomic E-state index is 12.1. The highest BCUT2D eigenvalue weighted by molar-refractivity contribution is 5.78. The van der Waals surface area contributed by atoms with Crippen LogP contribution in [0.4, 0.5) is 8.78 Å². The zero-order valence-electron chi connectivity index (χ0n) is 13.3. The van der Waals surface area contributed by atoms with Gasteiger partial charge in [-0.25, -0.2) is 0 Å². The van der Waals surface area contributed by atoms with Crippen LogP contribution in [-0.2, 0) is 9.59 Å². The molecule has 0 aliphatic heterocycles. The average molecular weight is 329 g/mol. The number of carboxylic acids is 1. The van der Waals surface area contributed by atoms with Crippen LogP contribution in [0.1, 0.15) is 45.2 Å². The summed E-state index contributed by atoms with van der Waals surface area (Å²) in [6.45, 7) is 2.30. The fourth-order valence-corrected chi connectivity index (χ4v) is 2.22.